The van der Waals surface area contributed by atoms with E-state index in [1.807, 2.05) is 14.1 Å². The second-order valence-electron chi connectivity index (χ2n) is 5.03. The number of benzene rings is 2. The Bertz CT molecular complexity index is 797. The van der Waals surface area contributed by atoms with Gasteiger partial charge in [0, 0.05) is 25.3 Å². The highest BCUT2D eigenvalue weighted by Crippen LogP contribution is 2.38. The van der Waals surface area contributed by atoms with E-state index in [9.17, 15) is 9.59 Å². The molecule has 1 aliphatic carbocycles. The first kappa shape index (κ1) is 14.1. The highest BCUT2D eigenvalue weighted by Gasteiger charge is 2.35. The second kappa shape index (κ2) is 4.86. The molecule has 106 valence electrons. The van der Waals surface area contributed by atoms with Gasteiger partial charge in [-0.3, -0.25) is 9.59 Å². The molecule has 5 heteroatoms. The number of ketones is 2. The van der Waals surface area contributed by atoms with Gasteiger partial charge in [0.25, 0.3) is 0 Å². The second-order valence-corrected chi connectivity index (χ2v) is 5.85. The van der Waals surface area contributed by atoms with E-state index in [1.165, 1.54) is 12.1 Å². The maximum Gasteiger partial charge on any atom is 0.198 e. The summed E-state index contributed by atoms with van der Waals surface area (Å²) in [6, 6.07) is 8.27. The molecule has 3 rings (SSSR count). The molecular weight excluding hydrogens is 309 g/mol. The third-order valence-electron chi connectivity index (χ3n) is 3.55. The van der Waals surface area contributed by atoms with E-state index in [1.54, 1.807) is 23.1 Å². The molecule has 0 fully saturated rings. The molecule has 2 aromatic carbocycles. The van der Waals surface area contributed by atoms with Gasteiger partial charge in [0.05, 0.1) is 26.7 Å². The van der Waals surface area contributed by atoms with E-state index < -0.39 is 0 Å². The molecule has 0 atom stereocenters. The minimum Gasteiger partial charge on any atom is -0.377 e. The van der Waals surface area contributed by atoms with Crippen molar-refractivity contribution in [2.45, 2.75) is 0 Å². The van der Waals surface area contributed by atoms with Crippen LogP contribution >= 0.6 is 23.2 Å². The summed E-state index contributed by atoms with van der Waals surface area (Å²) in [6.07, 6.45) is 0. The summed E-state index contributed by atoms with van der Waals surface area (Å²) in [7, 11) is 3.64. The maximum atomic E-state index is 12.8. The van der Waals surface area contributed by atoms with Crippen LogP contribution in [-0.4, -0.2) is 25.7 Å². The molecule has 0 aliphatic heterocycles. The molecule has 0 spiro atoms. The molecule has 0 heterocycles. The lowest BCUT2D eigenvalue weighted by Gasteiger charge is -2.24. The largest absolute Gasteiger partial charge is 0.377 e. The molecule has 1 aliphatic rings. The van der Waals surface area contributed by atoms with Crippen molar-refractivity contribution in [1.29, 1.82) is 0 Å². The summed E-state index contributed by atoms with van der Waals surface area (Å²) in [5.41, 5.74) is 1.81. The molecule has 0 saturated carbocycles. The van der Waals surface area contributed by atoms with Crippen LogP contribution in [0.4, 0.5) is 5.69 Å². The van der Waals surface area contributed by atoms with Crippen molar-refractivity contribution in [2.24, 2.45) is 0 Å². The van der Waals surface area contributed by atoms with Crippen molar-refractivity contribution in [1.82, 2.24) is 0 Å². The number of anilines is 1. The highest BCUT2D eigenvalue weighted by molar-refractivity contribution is 6.43. The quantitative estimate of drug-likeness (QED) is 0.684. The molecule has 0 saturated heterocycles. The van der Waals surface area contributed by atoms with Gasteiger partial charge < -0.3 is 4.90 Å². The zero-order chi connectivity index (χ0) is 15.3. The number of carbonyl (C=O) groups excluding carboxylic acids is 2. The first-order valence-electron chi connectivity index (χ1n) is 6.31. The van der Waals surface area contributed by atoms with Crippen molar-refractivity contribution >= 4 is 40.5 Å². The standard InChI is InChI=1S/C16H11Cl2NO2/c1-19(2)11-5-3-4-8-12(11)16(21)14-10(18)7-6-9(17)13(14)15(8)20/h3-7H,1-2H3. The Hall–Kier alpha value is -1.84. The monoisotopic (exact) mass is 319 g/mol. The molecule has 2 aromatic rings. The Kier molecular flexibility index (Phi) is 3.27. The molecule has 0 aromatic heterocycles. The Balaban J connectivity index is 2.39. The van der Waals surface area contributed by atoms with Crippen LogP contribution < -0.4 is 4.90 Å². The molecule has 0 bridgehead atoms. The van der Waals surface area contributed by atoms with Crippen molar-refractivity contribution < 1.29 is 9.59 Å². The molecule has 0 radical (unpaired) electrons. The third kappa shape index (κ3) is 1.96. The molecule has 3 nitrogen and oxygen atoms in total. The van der Waals surface area contributed by atoms with Gasteiger partial charge >= 0.3 is 0 Å². The Morgan fingerprint density at radius 2 is 1.38 bits per heavy atom. The summed E-state index contributed by atoms with van der Waals surface area (Å²) in [6.45, 7) is 0. The number of nitrogens with zero attached hydrogens (tertiary/aromatic N) is 1. The SMILES string of the molecule is CN(C)c1cccc2c1C(=O)c1c(Cl)ccc(Cl)c1C2=O. The highest BCUT2D eigenvalue weighted by atomic mass is 35.5. The van der Waals surface area contributed by atoms with Crippen LogP contribution in [0.15, 0.2) is 30.3 Å². The van der Waals surface area contributed by atoms with E-state index in [-0.39, 0.29) is 32.7 Å². The smallest absolute Gasteiger partial charge is 0.198 e. The lowest BCUT2D eigenvalue weighted by molar-refractivity contribution is 0.0979. The van der Waals surface area contributed by atoms with Crippen LogP contribution in [0.3, 0.4) is 0 Å². The van der Waals surface area contributed by atoms with Gasteiger partial charge in [-0.05, 0) is 18.2 Å². The van der Waals surface area contributed by atoms with Crippen LogP contribution in [0.25, 0.3) is 0 Å². The molecule has 0 amide bonds. The number of fused-ring (bicyclic) bond motifs is 2. The lowest BCUT2D eigenvalue weighted by atomic mass is 9.83. The Labute approximate surface area is 132 Å². The van der Waals surface area contributed by atoms with Crippen molar-refractivity contribution in [2.75, 3.05) is 19.0 Å². The average molecular weight is 320 g/mol. The Morgan fingerprint density at radius 3 is 1.95 bits per heavy atom. The van der Waals surface area contributed by atoms with Gasteiger partial charge in [-0.2, -0.15) is 0 Å². The van der Waals surface area contributed by atoms with Crippen molar-refractivity contribution in [3.05, 3.63) is 62.6 Å². The maximum absolute atomic E-state index is 12.8. The number of rotatable bonds is 1. The fourth-order valence-corrected chi connectivity index (χ4v) is 3.08. The number of carbonyl (C=O) groups is 2. The molecule has 21 heavy (non-hydrogen) atoms. The topological polar surface area (TPSA) is 37.4 Å². The van der Waals surface area contributed by atoms with E-state index in [0.717, 1.165) is 0 Å². The first-order valence-corrected chi connectivity index (χ1v) is 7.06. The van der Waals surface area contributed by atoms with Gasteiger partial charge in [-0.25, -0.2) is 0 Å². The van der Waals surface area contributed by atoms with E-state index in [2.05, 4.69) is 0 Å². The predicted molar refractivity (Wildman–Crippen MR) is 84.1 cm³/mol. The van der Waals surface area contributed by atoms with Gasteiger partial charge in [0.1, 0.15) is 0 Å². The van der Waals surface area contributed by atoms with E-state index in [0.29, 0.717) is 16.8 Å². The number of halogens is 2. The zero-order valence-electron chi connectivity index (χ0n) is 11.4. The summed E-state index contributed by atoms with van der Waals surface area (Å²) >= 11 is 12.2. The normalized spacial score (nSPS) is 13.0. The third-order valence-corrected chi connectivity index (χ3v) is 4.18. The molecule has 0 N–H and O–H groups in total. The van der Waals surface area contributed by atoms with Gasteiger partial charge in [-0.1, -0.05) is 35.3 Å². The minimum atomic E-state index is -0.268. The molecule has 0 unspecified atom stereocenters. The van der Waals surface area contributed by atoms with Crippen molar-refractivity contribution in [3.8, 4) is 0 Å². The average Bonchev–Trinajstić information content (AvgIpc) is 2.46. The van der Waals surface area contributed by atoms with E-state index >= 15 is 0 Å². The van der Waals surface area contributed by atoms with Crippen LogP contribution in [0.1, 0.15) is 31.8 Å². The minimum absolute atomic E-state index is 0.191. The van der Waals surface area contributed by atoms with Crippen LogP contribution in [0, 0.1) is 0 Å². The number of hydrogen-bond acceptors (Lipinski definition) is 3. The van der Waals surface area contributed by atoms with Crippen LogP contribution in [-0.2, 0) is 0 Å². The van der Waals surface area contributed by atoms with Gasteiger partial charge in [0.15, 0.2) is 11.6 Å². The Morgan fingerprint density at radius 1 is 0.810 bits per heavy atom. The fourth-order valence-electron chi connectivity index (χ4n) is 2.60. The summed E-state index contributed by atoms with van der Waals surface area (Å²) in [5.74, 6) is -0.535. The lowest BCUT2D eigenvalue weighted by Crippen LogP contribution is -2.25. The summed E-state index contributed by atoms with van der Waals surface area (Å²) < 4.78 is 0. The summed E-state index contributed by atoms with van der Waals surface area (Å²) in [5, 5.41) is 0.487. The summed E-state index contributed by atoms with van der Waals surface area (Å²) in [4.78, 5) is 27.3. The van der Waals surface area contributed by atoms with E-state index in [4.69, 9.17) is 23.2 Å². The van der Waals surface area contributed by atoms with Crippen LogP contribution in [0.2, 0.25) is 10.0 Å². The first-order chi connectivity index (χ1) is 9.93. The van der Waals surface area contributed by atoms with Crippen LogP contribution in [0.5, 0.6) is 0 Å². The van der Waals surface area contributed by atoms with Crippen molar-refractivity contribution in [3.63, 3.8) is 0 Å². The van der Waals surface area contributed by atoms with Gasteiger partial charge in [0.2, 0.25) is 0 Å². The zero-order valence-corrected chi connectivity index (χ0v) is 12.9. The molecular formula is C16H11Cl2NO2. The predicted octanol–water partition coefficient (Wildman–Crippen LogP) is 3.83. The number of hydrogen-bond donors (Lipinski definition) is 0. The fraction of sp³-hybridized carbons (Fsp3) is 0.125. The van der Waals surface area contributed by atoms with Gasteiger partial charge in [-0.15, -0.1) is 0 Å².